The van der Waals surface area contributed by atoms with Gasteiger partial charge in [0.15, 0.2) is 0 Å². The maximum atomic E-state index is 12.0. The zero-order valence-corrected chi connectivity index (χ0v) is 14.5. The van der Waals surface area contributed by atoms with Gasteiger partial charge in [0.25, 0.3) is 5.56 Å². The molecule has 2 heterocycles. The Morgan fingerprint density at radius 2 is 1.91 bits per heavy atom. The molecule has 120 valence electrons. The Balaban J connectivity index is 2.28. The first-order valence-electron chi connectivity index (χ1n) is 7.24. The number of aromatic nitrogens is 2. The van der Waals surface area contributed by atoms with Crippen LogP contribution in [0.2, 0.25) is 0 Å². The van der Waals surface area contributed by atoms with Crippen molar-refractivity contribution in [2.75, 3.05) is 0 Å². The van der Waals surface area contributed by atoms with Gasteiger partial charge < -0.3 is 5.32 Å². The summed E-state index contributed by atoms with van der Waals surface area (Å²) in [7, 11) is 3.18. The summed E-state index contributed by atoms with van der Waals surface area (Å²) in [6.45, 7) is 7.00. The van der Waals surface area contributed by atoms with Crippen LogP contribution in [0.5, 0.6) is 0 Å². The Hall–Kier alpha value is -1.66. The van der Waals surface area contributed by atoms with E-state index in [9.17, 15) is 9.59 Å². The van der Waals surface area contributed by atoms with Crippen LogP contribution in [0.3, 0.4) is 0 Å². The average molecular weight is 321 g/mol. The van der Waals surface area contributed by atoms with E-state index in [4.69, 9.17) is 0 Å². The molecule has 2 aromatic rings. The maximum Gasteiger partial charge on any atom is 0.330 e. The van der Waals surface area contributed by atoms with Crippen molar-refractivity contribution in [3.05, 3.63) is 55.0 Å². The molecule has 0 aliphatic carbocycles. The normalized spacial score (nSPS) is 13.3. The largest absolute Gasteiger partial charge is 0.330 e. The number of rotatable bonds is 4. The van der Waals surface area contributed by atoms with Crippen LogP contribution in [0.25, 0.3) is 0 Å². The van der Waals surface area contributed by atoms with Gasteiger partial charge in [0, 0.05) is 43.3 Å². The lowest BCUT2D eigenvalue weighted by Gasteiger charge is -2.31. The SMILES string of the molecule is Cn1c(CN[C@@H](c2cccs2)C(C)(C)C)cc(=O)n(C)c1=O. The van der Waals surface area contributed by atoms with E-state index in [0.29, 0.717) is 12.2 Å². The fourth-order valence-corrected chi connectivity index (χ4v) is 3.49. The van der Waals surface area contributed by atoms with E-state index in [0.717, 1.165) is 4.57 Å². The third kappa shape index (κ3) is 3.39. The number of nitrogens with zero attached hydrogens (tertiary/aromatic N) is 2. The van der Waals surface area contributed by atoms with Gasteiger partial charge in [-0.05, 0) is 16.9 Å². The predicted octanol–water partition coefficient (Wildman–Crippen LogP) is 2.02. The first-order valence-corrected chi connectivity index (χ1v) is 8.12. The number of hydrogen-bond donors (Lipinski definition) is 1. The Labute approximate surface area is 134 Å². The van der Waals surface area contributed by atoms with Gasteiger partial charge in [0.1, 0.15) is 0 Å². The Morgan fingerprint density at radius 3 is 2.45 bits per heavy atom. The second-order valence-electron chi connectivity index (χ2n) is 6.57. The molecule has 0 unspecified atom stereocenters. The van der Waals surface area contributed by atoms with E-state index < -0.39 is 0 Å². The van der Waals surface area contributed by atoms with Crippen molar-refractivity contribution in [3.8, 4) is 0 Å². The van der Waals surface area contributed by atoms with Crippen LogP contribution in [0.15, 0.2) is 33.2 Å². The summed E-state index contributed by atoms with van der Waals surface area (Å²) in [5.41, 5.74) is 0.152. The van der Waals surface area contributed by atoms with Gasteiger partial charge in [0.05, 0.1) is 0 Å². The Kier molecular flexibility index (Phi) is 4.72. The van der Waals surface area contributed by atoms with E-state index in [2.05, 4.69) is 37.5 Å². The summed E-state index contributed by atoms with van der Waals surface area (Å²) in [6, 6.07) is 5.82. The summed E-state index contributed by atoms with van der Waals surface area (Å²) in [4.78, 5) is 25.0. The second kappa shape index (κ2) is 6.22. The van der Waals surface area contributed by atoms with Gasteiger partial charge in [-0.25, -0.2) is 4.79 Å². The lowest BCUT2D eigenvalue weighted by Crippen LogP contribution is -2.40. The maximum absolute atomic E-state index is 12.0. The van der Waals surface area contributed by atoms with Crippen LogP contribution in [0.4, 0.5) is 0 Å². The molecule has 0 aliphatic rings. The number of nitrogens with one attached hydrogen (secondary N) is 1. The lowest BCUT2D eigenvalue weighted by atomic mass is 9.85. The molecule has 0 spiro atoms. The molecule has 0 radical (unpaired) electrons. The number of thiophene rings is 1. The quantitative estimate of drug-likeness (QED) is 0.937. The second-order valence-corrected chi connectivity index (χ2v) is 7.55. The van der Waals surface area contributed by atoms with Gasteiger partial charge >= 0.3 is 5.69 Å². The highest BCUT2D eigenvalue weighted by atomic mass is 32.1. The Bertz CT molecular complexity index is 751. The van der Waals surface area contributed by atoms with Crippen LogP contribution in [-0.4, -0.2) is 9.13 Å². The van der Waals surface area contributed by atoms with Crippen molar-refractivity contribution in [3.63, 3.8) is 0 Å². The van der Waals surface area contributed by atoms with Crippen molar-refractivity contribution < 1.29 is 0 Å². The smallest absolute Gasteiger partial charge is 0.303 e. The first kappa shape index (κ1) is 16.7. The lowest BCUT2D eigenvalue weighted by molar-refractivity contribution is 0.273. The molecular formula is C16H23N3O2S. The molecular weight excluding hydrogens is 298 g/mol. The molecule has 5 nitrogen and oxygen atoms in total. The molecule has 0 bridgehead atoms. The summed E-state index contributed by atoms with van der Waals surface area (Å²) in [5.74, 6) is 0. The molecule has 6 heteroatoms. The molecule has 0 saturated carbocycles. The summed E-state index contributed by atoms with van der Waals surface area (Å²) < 4.78 is 2.63. The summed E-state index contributed by atoms with van der Waals surface area (Å²) >= 11 is 1.71. The molecule has 22 heavy (non-hydrogen) atoms. The van der Waals surface area contributed by atoms with E-state index in [-0.39, 0.29) is 22.7 Å². The van der Waals surface area contributed by atoms with Crippen LogP contribution in [-0.2, 0) is 20.6 Å². The zero-order valence-electron chi connectivity index (χ0n) is 13.7. The highest BCUT2D eigenvalue weighted by Gasteiger charge is 2.26. The minimum Gasteiger partial charge on any atom is -0.303 e. The highest BCUT2D eigenvalue weighted by molar-refractivity contribution is 7.10. The molecule has 2 aromatic heterocycles. The van der Waals surface area contributed by atoms with E-state index >= 15 is 0 Å². The molecule has 0 aliphatic heterocycles. The molecule has 1 atom stereocenters. The topological polar surface area (TPSA) is 56.0 Å². The molecule has 1 N–H and O–H groups in total. The highest BCUT2D eigenvalue weighted by Crippen LogP contribution is 2.35. The van der Waals surface area contributed by atoms with Gasteiger partial charge in [-0.15, -0.1) is 11.3 Å². The van der Waals surface area contributed by atoms with E-state index in [1.54, 1.807) is 18.4 Å². The van der Waals surface area contributed by atoms with Crippen molar-refractivity contribution in [2.45, 2.75) is 33.4 Å². The standard InChI is InChI=1S/C16H23N3O2S/c1-16(2,3)14(12-7-6-8-22-12)17-10-11-9-13(20)19(5)15(21)18(11)4/h6-9,14,17H,10H2,1-5H3/t14-/m0/s1. The molecule has 0 saturated heterocycles. The molecule has 0 aromatic carbocycles. The van der Waals surface area contributed by atoms with E-state index in [1.165, 1.54) is 22.6 Å². The van der Waals surface area contributed by atoms with Gasteiger partial charge in [0.2, 0.25) is 0 Å². The van der Waals surface area contributed by atoms with Crippen molar-refractivity contribution in [1.82, 2.24) is 14.5 Å². The fraction of sp³-hybridized carbons (Fsp3) is 0.500. The fourth-order valence-electron chi connectivity index (χ4n) is 2.44. The molecule has 0 amide bonds. The minimum atomic E-state index is -0.298. The Morgan fingerprint density at radius 1 is 1.23 bits per heavy atom. The summed E-state index contributed by atoms with van der Waals surface area (Å²) in [5, 5.41) is 5.55. The van der Waals surface area contributed by atoms with Crippen LogP contribution < -0.4 is 16.6 Å². The van der Waals surface area contributed by atoms with Crippen LogP contribution in [0, 0.1) is 5.41 Å². The number of hydrogen-bond acceptors (Lipinski definition) is 4. The van der Waals surface area contributed by atoms with Crippen molar-refractivity contribution >= 4 is 11.3 Å². The zero-order chi connectivity index (χ0) is 16.5. The predicted molar refractivity (Wildman–Crippen MR) is 90.3 cm³/mol. The first-order chi connectivity index (χ1) is 10.2. The third-order valence-electron chi connectivity index (χ3n) is 3.81. The minimum absolute atomic E-state index is 0.0312. The van der Waals surface area contributed by atoms with Crippen LogP contribution >= 0.6 is 11.3 Å². The third-order valence-corrected chi connectivity index (χ3v) is 4.74. The average Bonchev–Trinajstić information content (AvgIpc) is 2.94. The monoisotopic (exact) mass is 321 g/mol. The van der Waals surface area contributed by atoms with Crippen LogP contribution in [0.1, 0.15) is 37.4 Å². The van der Waals surface area contributed by atoms with Gasteiger partial charge in [-0.2, -0.15) is 0 Å². The van der Waals surface area contributed by atoms with Crippen molar-refractivity contribution in [2.24, 2.45) is 19.5 Å². The van der Waals surface area contributed by atoms with Gasteiger partial charge in [-0.1, -0.05) is 26.8 Å². The molecule has 2 rings (SSSR count). The molecule has 0 fully saturated rings. The van der Waals surface area contributed by atoms with Crippen molar-refractivity contribution in [1.29, 1.82) is 0 Å². The van der Waals surface area contributed by atoms with Gasteiger partial charge in [-0.3, -0.25) is 13.9 Å². The van der Waals surface area contributed by atoms with E-state index in [1.807, 2.05) is 6.07 Å². The summed E-state index contributed by atoms with van der Waals surface area (Å²) in [6.07, 6.45) is 0.